The molecule has 2 rings (SSSR count). The Morgan fingerprint density at radius 3 is 2.32 bits per heavy atom. The van der Waals surface area contributed by atoms with Gasteiger partial charge >= 0.3 is 125 Å². The molecular weight excluding hydrogens is 323 g/mol. The van der Waals surface area contributed by atoms with Gasteiger partial charge in [0.1, 0.15) is 0 Å². The van der Waals surface area contributed by atoms with Gasteiger partial charge in [0.05, 0.1) is 0 Å². The molecule has 1 aromatic carbocycles. The van der Waals surface area contributed by atoms with Crippen molar-refractivity contribution in [3.8, 4) is 0 Å². The van der Waals surface area contributed by atoms with Crippen molar-refractivity contribution < 1.29 is 19.4 Å². The van der Waals surface area contributed by atoms with Crippen LogP contribution in [0.3, 0.4) is 0 Å². The van der Waals surface area contributed by atoms with Gasteiger partial charge in [0.25, 0.3) is 0 Å². The number of hydrogen-bond acceptors (Lipinski definition) is 0. The number of benzene rings is 1. The summed E-state index contributed by atoms with van der Waals surface area (Å²) >= 11 is -1.97. The average Bonchev–Trinajstić information content (AvgIpc) is 2.64. The van der Waals surface area contributed by atoms with Crippen molar-refractivity contribution in [1.29, 1.82) is 0 Å². The molecule has 1 atom stereocenters. The summed E-state index contributed by atoms with van der Waals surface area (Å²) in [6, 6.07) is 7.02. The SMILES string of the molecule is CC1=Cc2c(C(C)C)cccc2[CH]1[Zr]([CH3])([CH3])[SiH](C)C. The first-order valence-corrected chi connectivity index (χ1v) is 21.1. The van der Waals surface area contributed by atoms with E-state index in [1.54, 1.807) is 22.3 Å². The predicted octanol–water partition coefficient (Wildman–Crippen LogP) is 5.50. The fourth-order valence-corrected chi connectivity index (χ4v) is 17.3. The van der Waals surface area contributed by atoms with Gasteiger partial charge in [-0.2, -0.15) is 0 Å². The minimum absolute atomic E-state index is 0.501. The van der Waals surface area contributed by atoms with Crippen molar-refractivity contribution in [3.05, 3.63) is 40.5 Å². The van der Waals surface area contributed by atoms with Crippen LogP contribution in [0, 0.1) is 0 Å². The molecule has 19 heavy (non-hydrogen) atoms. The summed E-state index contributed by atoms with van der Waals surface area (Å²) in [5, 5.41) is 0. The Balaban J connectivity index is 2.57. The molecule has 0 bridgehead atoms. The van der Waals surface area contributed by atoms with Crippen LogP contribution in [0.4, 0.5) is 0 Å². The molecule has 1 aromatic rings. The zero-order chi connectivity index (χ0) is 14.4. The fourth-order valence-electron chi connectivity index (χ4n) is 3.40. The zero-order valence-corrected chi connectivity index (χ0v) is 17.2. The van der Waals surface area contributed by atoms with E-state index in [1.807, 2.05) is 0 Å². The van der Waals surface area contributed by atoms with Crippen molar-refractivity contribution in [1.82, 2.24) is 0 Å². The van der Waals surface area contributed by atoms with Crippen LogP contribution in [-0.4, -0.2) is 5.92 Å². The molecule has 0 amide bonds. The van der Waals surface area contributed by atoms with E-state index >= 15 is 0 Å². The molecule has 0 aliphatic heterocycles. The molecule has 104 valence electrons. The minimum atomic E-state index is -1.97. The average molecular weight is 352 g/mol. The number of hydrogen-bond donors (Lipinski definition) is 0. The van der Waals surface area contributed by atoms with Crippen LogP contribution in [0.1, 0.15) is 47.0 Å². The number of fused-ring (bicyclic) bond motifs is 1. The second kappa shape index (κ2) is 5.45. The van der Waals surface area contributed by atoms with Gasteiger partial charge in [0.2, 0.25) is 0 Å². The van der Waals surface area contributed by atoms with Crippen LogP contribution >= 0.6 is 0 Å². The van der Waals surface area contributed by atoms with E-state index in [9.17, 15) is 0 Å². The third kappa shape index (κ3) is 2.63. The van der Waals surface area contributed by atoms with E-state index < -0.39 is 25.4 Å². The van der Waals surface area contributed by atoms with Gasteiger partial charge in [-0.25, -0.2) is 0 Å². The molecule has 0 saturated heterocycles. The third-order valence-electron chi connectivity index (χ3n) is 5.17. The van der Waals surface area contributed by atoms with E-state index in [4.69, 9.17) is 0 Å². The molecule has 0 heterocycles. The quantitative estimate of drug-likeness (QED) is 0.631. The van der Waals surface area contributed by atoms with Crippen LogP contribution in [0.2, 0.25) is 22.4 Å². The Labute approximate surface area is 124 Å². The van der Waals surface area contributed by atoms with E-state index in [1.165, 1.54) is 0 Å². The van der Waals surface area contributed by atoms with Crippen molar-refractivity contribution in [2.45, 2.75) is 52.7 Å². The predicted molar refractivity (Wildman–Crippen MR) is 87.5 cm³/mol. The fraction of sp³-hybridized carbons (Fsp3) is 0.529. The van der Waals surface area contributed by atoms with Crippen LogP contribution < -0.4 is 0 Å². The molecule has 1 aliphatic rings. The molecule has 0 spiro atoms. The van der Waals surface area contributed by atoms with E-state index in [0.29, 0.717) is 5.92 Å². The van der Waals surface area contributed by atoms with Crippen LogP contribution in [0.15, 0.2) is 23.8 Å². The summed E-state index contributed by atoms with van der Waals surface area (Å²) < 4.78 is 6.21. The van der Waals surface area contributed by atoms with Crippen LogP contribution in [0.5, 0.6) is 0 Å². The summed E-state index contributed by atoms with van der Waals surface area (Å²) in [7, 11) is 0. The number of allylic oxidation sites excluding steroid dienone is 1. The van der Waals surface area contributed by atoms with Gasteiger partial charge in [-0.3, -0.25) is 0 Å². The molecule has 0 N–H and O–H groups in total. The van der Waals surface area contributed by atoms with Gasteiger partial charge in [0, 0.05) is 0 Å². The monoisotopic (exact) mass is 350 g/mol. The second-order valence-corrected chi connectivity index (χ2v) is 37.3. The molecule has 0 radical (unpaired) electrons. The Morgan fingerprint density at radius 2 is 1.79 bits per heavy atom. The van der Waals surface area contributed by atoms with Gasteiger partial charge in [-0.15, -0.1) is 0 Å². The second-order valence-electron chi connectivity index (χ2n) is 7.30. The zero-order valence-electron chi connectivity index (χ0n) is 13.5. The maximum atomic E-state index is 2.69. The Bertz CT molecular complexity index is 512. The molecule has 0 saturated carbocycles. The first-order chi connectivity index (χ1) is 8.76. The van der Waals surface area contributed by atoms with E-state index in [0.717, 1.165) is 3.63 Å². The first-order valence-electron chi connectivity index (χ1n) is 7.57. The van der Waals surface area contributed by atoms with Gasteiger partial charge in [0.15, 0.2) is 0 Å². The summed E-state index contributed by atoms with van der Waals surface area (Å²) in [6.07, 6.45) is 2.50. The summed E-state index contributed by atoms with van der Waals surface area (Å²) in [4.78, 5) is 0. The van der Waals surface area contributed by atoms with Gasteiger partial charge in [-0.1, -0.05) is 0 Å². The maximum absolute atomic E-state index is 2.69. The van der Waals surface area contributed by atoms with Crippen LogP contribution in [0.25, 0.3) is 6.08 Å². The number of rotatable bonds is 3. The standard InChI is InChI=1S/C13H15.C2H7Si.2CH3.Zr/c1-9(2)12-6-4-5-11-7-10(3)8-13(11)12;1-3-2;;;/h4-9H,1-3H3;3H,1-2H3;2*1H3;. The molecule has 0 aromatic heterocycles. The Morgan fingerprint density at radius 1 is 1.16 bits per heavy atom. The third-order valence-corrected chi connectivity index (χ3v) is 37.6. The van der Waals surface area contributed by atoms with E-state index in [-0.39, 0.29) is 0 Å². The topological polar surface area (TPSA) is 0 Å². The van der Waals surface area contributed by atoms with E-state index in [2.05, 4.69) is 67.4 Å². The first kappa shape index (κ1) is 15.4. The Hall–Kier alpha value is 0.0600. The van der Waals surface area contributed by atoms with Crippen molar-refractivity contribution in [2.24, 2.45) is 0 Å². The summed E-state index contributed by atoms with van der Waals surface area (Å²) in [5.41, 5.74) is 6.45. The van der Waals surface area contributed by atoms with Crippen molar-refractivity contribution in [3.63, 3.8) is 0 Å². The molecule has 0 nitrogen and oxygen atoms in total. The molecule has 1 aliphatic carbocycles. The van der Waals surface area contributed by atoms with Crippen LogP contribution in [-0.2, 0) is 19.4 Å². The van der Waals surface area contributed by atoms with Crippen molar-refractivity contribution in [2.75, 3.05) is 0 Å². The molecule has 0 fully saturated rings. The van der Waals surface area contributed by atoms with Gasteiger partial charge in [-0.05, 0) is 0 Å². The summed E-state index contributed by atoms with van der Waals surface area (Å²) in [5.74, 6) is 0.131. The molecule has 1 unspecified atom stereocenters. The van der Waals surface area contributed by atoms with Gasteiger partial charge < -0.3 is 0 Å². The van der Waals surface area contributed by atoms with Crippen molar-refractivity contribution >= 4 is 12.0 Å². The summed E-state index contributed by atoms with van der Waals surface area (Å²) in [6.45, 7) is 12.2. The normalized spacial score (nSPS) is 19.0. The Kier molecular flexibility index (Phi) is 4.43. The molecule has 2 heteroatoms. The molecular formula is C17H28SiZr.